The van der Waals surface area contributed by atoms with Crippen LogP contribution in [-0.2, 0) is 20.0 Å². The molecular formula is C21H34IN5O. The van der Waals surface area contributed by atoms with Crippen molar-refractivity contribution in [2.75, 3.05) is 13.1 Å². The fraction of sp³-hybridized carbons (Fsp3) is 0.619. The maximum absolute atomic E-state index is 5.42. The van der Waals surface area contributed by atoms with Gasteiger partial charge in [0.2, 0.25) is 0 Å². The highest BCUT2D eigenvalue weighted by atomic mass is 127. The van der Waals surface area contributed by atoms with E-state index in [0.717, 1.165) is 42.8 Å². The summed E-state index contributed by atoms with van der Waals surface area (Å²) in [5, 5.41) is 11.5. The Balaban J connectivity index is 0.00000280. The first-order chi connectivity index (χ1) is 13.1. The summed E-state index contributed by atoms with van der Waals surface area (Å²) in [5.41, 5.74) is 3.45. The Morgan fingerprint density at radius 2 is 2.04 bits per heavy atom. The summed E-state index contributed by atoms with van der Waals surface area (Å²) in [5.74, 6) is 2.64. The molecule has 6 nitrogen and oxygen atoms in total. The van der Waals surface area contributed by atoms with E-state index in [2.05, 4.69) is 29.6 Å². The molecule has 0 aliphatic heterocycles. The molecule has 28 heavy (non-hydrogen) atoms. The molecule has 0 aromatic carbocycles. The highest BCUT2D eigenvalue weighted by Crippen LogP contribution is 2.22. The number of nitrogens with zero attached hydrogens (tertiary/aromatic N) is 3. The number of aliphatic imine (C=N–C) groups is 1. The molecule has 0 bridgehead atoms. The van der Waals surface area contributed by atoms with Crippen molar-refractivity contribution in [2.24, 2.45) is 18.0 Å². The van der Waals surface area contributed by atoms with Crippen molar-refractivity contribution in [1.82, 2.24) is 20.4 Å². The van der Waals surface area contributed by atoms with Crippen LogP contribution in [0.3, 0.4) is 0 Å². The Hall–Kier alpha value is -1.51. The molecule has 0 radical (unpaired) electrons. The molecule has 156 valence electrons. The van der Waals surface area contributed by atoms with Gasteiger partial charge in [-0.15, -0.1) is 24.0 Å². The number of hydrogen-bond acceptors (Lipinski definition) is 3. The highest BCUT2D eigenvalue weighted by Gasteiger charge is 2.14. The monoisotopic (exact) mass is 499 g/mol. The third-order valence-electron chi connectivity index (χ3n) is 5.58. The van der Waals surface area contributed by atoms with Crippen LogP contribution >= 0.6 is 24.0 Å². The molecule has 0 spiro atoms. The van der Waals surface area contributed by atoms with Crippen LogP contribution in [0.4, 0.5) is 0 Å². The van der Waals surface area contributed by atoms with E-state index in [4.69, 9.17) is 9.41 Å². The molecule has 0 atom stereocenters. The summed E-state index contributed by atoms with van der Waals surface area (Å²) in [6, 6.07) is 3.94. The zero-order valence-corrected chi connectivity index (χ0v) is 19.7. The molecule has 1 aliphatic rings. The van der Waals surface area contributed by atoms with E-state index in [1.165, 1.54) is 43.4 Å². The van der Waals surface area contributed by atoms with Gasteiger partial charge in [0, 0.05) is 37.8 Å². The molecule has 2 aromatic rings. The third-order valence-corrected chi connectivity index (χ3v) is 5.58. The van der Waals surface area contributed by atoms with Crippen LogP contribution in [0.5, 0.6) is 0 Å². The predicted octanol–water partition coefficient (Wildman–Crippen LogP) is 4.11. The Kier molecular flexibility index (Phi) is 9.34. The smallest absolute Gasteiger partial charge is 0.191 e. The lowest BCUT2D eigenvalue weighted by molar-refractivity contribution is 0.355. The van der Waals surface area contributed by atoms with Gasteiger partial charge in [0.05, 0.1) is 18.5 Å². The van der Waals surface area contributed by atoms with E-state index in [-0.39, 0.29) is 24.0 Å². The van der Waals surface area contributed by atoms with E-state index in [9.17, 15) is 0 Å². The van der Waals surface area contributed by atoms with Gasteiger partial charge in [-0.25, -0.2) is 4.99 Å². The molecule has 2 N–H and O–H groups in total. The van der Waals surface area contributed by atoms with Gasteiger partial charge >= 0.3 is 0 Å². The fourth-order valence-electron chi connectivity index (χ4n) is 3.77. The molecule has 1 saturated carbocycles. The Labute approximate surface area is 185 Å². The average Bonchev–Trinajstić information content (AvgIpc) is 3.27. The first kappa shape index (κ1) is 22.8. The summed E-state index contributed by atoms with van der Waals surface area (Å²) < 4.78 is 7.35. The van der Waals surface area contributed by atoms with Crippen LogP contribution in [0.25, 0.3) is 0 Å². The summed E-state index contributed by atoms with van der Waals surface area (Å²) in [6.45, 7) is 6.60. The van der Waals surface area contributed by atoms with Crippen molar-refractivity contribution < 1.29 is 4.42 Å². The molecule has 1 fully saturated rings. The molecule has 0 unspecified atom stereocenters. The predicted molar refractivity (Wildman–Crippen MR) is 124 cm³/mol. The van der Waals surface area contributed by atoms with Gasteiger partial charge in [-0.3, -0.25) is 4.68 Å². The fourth-order valence-corrected chi connectivity index (χ4v) is 3.77. The zero-order valence-electron chi connectivity index (χ0n) is 17.3. The van der Waals surface area contributed by atoms with Gasteiger partial charge < -0.3 is 15.1 Å². The minimum atomic E-state index is 0. The average molecular weight is 499 g/mol. The van der Waals surface area contributed by atoms with E-state index < -0.39 is 0 Å². The second-order valence-corrected chi connectivity index (χ2v) is 7.58. The number of nitrogens with one attached hydrogen (secondary N) is 2. The van der Waals surface area contributed by atoms with Crippen molar-refractivity contribution in [1.29, 1.82) is 0 Å². The second-order valence-electron chi connectivity index (χ2n) is 7.58. The Morgan fingerprint density at radius 3 is 2.68 bits per heavy atom. The molecule has 1 aliphatic carbocycles. The van der Waals surface area contributed by atoms with E-state index in [0.29, 0.717) is 6.54 Å². The van der Waals surface area contributed by atoms with Crippen molar-refractivity contribution >= 4 is 29.9 Å². The topological polar surface area (TPSA) is 67.4 Å². The van der Waals surface area contributed by atoms with Gasteiger partial charge in [-0.2, -0.15) is 5.10 Å². The lowest BCUT2D eigenvalue weighted by Gasteiger charge is -2.23. The van der Waals surface area contributed by atoms with Gasteiger partial charge in [0.15, 0.2) is 5.96 Å². The number of furan rings is 1. The number of aryl methyl sites for hydroxylation is 2. The number of aromatic nitrogens is 2. The molecule has 7 heteroatoms. The highest BCUT2D eigenvalue weighted by molar-refractivity contribution is 14.0. The molecule has 2 heterocycles. The summed E-state index contributed by atoms with van der Waals surface area (Å²) in [6.07, 6.45) is 9.33. The van der Waals surface area contributed by atoms with Crippen LogP contribution in [0, 0.1) is 19.8 Å². The Bertz CT molecular complexity index is 732. The minimum Gasteiger partial charge on any atom is -0.469 e. The van der Waals surface area contributed by atoms with Gasteiger partial charge in [-0.05, 0) is 44.7 Å². The normalized spacial score (nSPS) is 15.3. The second kappa shape index (κ2) is 11.5. The first-order valence-electron chi connectivity index (χ1n) is 10.2. The summed E-state index contributed by atoms with van der Waals surface area (Å²) in [4.78, 5) is 4.84. The van der Waals surface area contributed by atoms with Gasteiger partial charge in [-0.1, -0.05) is 19.3 Å². The number of rotatable bonds is 7. The Morgan fingerprint density at radius 1 is 1.25 bits per heavy atom. The SMILES string of the molecule is Cc1nn(C)c(C)c1CN=C(NCCc1ccco1)NCC1CCCCC1.I. The lowest BCUT2D eigenvalue weighted by atomic mass is 9.89. The van der Waals surface area contributed by atoms with Crippen molar-refractivity contribution in [3.63, 3.8) is 0 Å². The standard InChI is InChI=1S/C21H33N5O.HI/c1-16-20(17(2)26(3)25-16)15-24-21(22-12-11-19-10-7-13-27-19)23-14-18-8-5-4-6-9-18;/h7,10,13,18H,4-6,8-9,11-12,14-15H2,1-3H3,(H2,22,23,24);1H. The van der Waals surface area contributed by atoms with Crippen LogP contribution in [0.1, 0.15) is 54.8 Å². The van der Waals surface area contributed by atoms with Gasteiger partial charge in [0.25, 0.3) is 0 Å². The molecule has 0 saturated heterocycles. The summed E-state index contributed by atoms with van der Waals surface area (Å²) in [7, 11) is 1.99. The number of halogens is 1. The maximum atomic E-state index is 5.42. The van der Waals surface area contributed by atoms with Crippen LogP contribution in [0.15, 0.2) is 27.8 Å². The third kappa shape index (κ3) is 6.53. The van der Waals surface area contributed by atoms with Crippen molar-refractivity contribution in [3.8, 4) is 0 Å². The van der Waals surface area contributed by atoms with E-state index in [1.807, 2.05) is 23.9 Å². The van der Waals surface area contributed by atoms with Gasteiger partial charge in [0.1, 0.15) is 5.76 Å². The van der Waals surface area contributed by atoms with Crippen LogP contribution < -0.4 is 10.6 Å². The largest absolute Gasteiger partial charge is 0.469 e. The van der Waals surface area contributed by atoms with E-state index in [1.54, 1.807) is 6.26 Å². The quantitative estimate of drug-likeness (QED) is 0.342. The maximum Gasteiger partial charge on any atom is 0.191 e. The van der Waals surface area contributed by atoms with Crippen LogP contribution in [-0.4, -0.2) is 28.8 Å². The van der Waals surface area contributed by atoms with E-state index >= 15 is 0 Å². The zero-order chi connectivity index (χ0) is 19.1. The number of guanidine groups is 1. The first-order valence-corrected chi connectivity index (χ1v) is 10.2. The molecule has 3 rings (SSSR count). The molecular weight excluding hydrogens is 465 g/mol. The van der Waals surface area contributed by atoms with Crippen molar-refractivity contribution in [3.05, 3.63) is 41.1 Å². The minimum absolute atomic E-state index is 0. The summed E-state index contributed by atoms with van der Waals surface area (Å²) >= 11 is 0. The van der Waals surface area contributed by atoms with Crippen molar-refractivity contribution in [2.45, 2.75) is 58.9 Å². The lowest BCUT2D eigenvalue weighted by Crippen LogP contribution is -2.41. The van der Waals surface area contributed by atoms with Crippen LogP contribution in [0.2, 0.25) is 0 Å². The number of hydrogen-bond donors (Lipinski definition) is 2. The molecule has 0 amide bonds. The molecule has 2 aromatic heterocycles.